The fourth-order valence-corrected chi connectivity index (χ4v) is 2.56. The van der Waals surface area contributed by atoms with Gasteiger partial charge in [-0.2, -0.15) is 0 Å². The normalized spacial score (nSPS) is 18.9. The summed E-state index contributed by atoms with van der Waals surface area (Å²) >= 11 is 0. The highest BCUT2D eigenvalue weighted by atomic mass is 16.6. The van der Waals surface area contributed by atoms with Crippen LogP contribution in [-0.2, 0) is 4.74 Å². The average molecular weight is 286 g/mol. The first-order valence-corrected chi connectivity index (χ1v) is 7.65. The molecule has 118 valence electrons. The van der Waals surface area contributed by atoms with Crippen molar-refractivity contribution in [3.05, 3.63) is 0 Å². The molecule has 20 heavy (non-hydrogen) atoms. The number of hydrogen-bond donors (Lipinski definition) is 2. The van der Waals surface area contributed by atoms with E-state index in [2.05, 4.69) is 26.1 Å². The minimum Gasteiger partial charge on any atom is -0.450 e. The van der Waals surface area contributed by atoms with Crippen LogP contribution in [0.4, 0.5) is 4.79 Å². The highest BCUT2D eigenvalue weighted by Crippen LogP contribution is 2.20. The van der Waals surface area contributed by atoms with Crippen LogP contribution in [0.1, 0.15) is 47.0 Å². The predicted octanol–water partition coefficient (Wildman–Crippen LogP) is 1.99. The Labute approximate surface area is 122 Å². The molecule has 2 N–H and O–H groups in total. The molecule has 1 atom stereocenters. The van der Waals surface area contributed by atoms with E-state index in [1.807, 2.05) is 6.92 Å². The van der Waals surface area contributed by atoms with Crippen LogP contribution in [0.2, 0.25) is 0 Å². The van der Waals surface area contributed by atoms with Gasteiger partial charge in [0.2, 0.25) is 0 Å². The molecule has 1 unspecified atom stereocenters. The molecule has 0 aromatic heterocycles. The van der Waals surface area contributed by atoms with E-state index in [4.69, 9.17) is 4.74 Å². The molecule has 5 heteroatoms. The number of ether oxygens (including phenoxy) is 1. The van der Waals surface area contributed by atoms with Crippen LogP contribution in [-0.4, -0.2) is 54.5 Å². The number of amides is 1. The Balaban J connectivity index is 2.21. The Kier molecular flexibility index (Phi) is 6.76. The minimum absolute atomic E-state index is 0.147. The van der Waals surface area contributed by atoms with E-state index >= 15 is 0 Å². The number of likely N-dealkylation sites (tertiary alicyclic amines) is 1. The van der Waals surface area contributed by atoms with Crippen LogP contribution in [0.15, 0.2) is 0 Å². The summed E-state index contributed by atoms with van der Waals surface area (Å²) in [6.45, 7) is 10.7. The number of aliphatic hydroxyl groups excluding tert-OH is 1. The average Bonchev–Trinajstić information content (AvgIpc) is 2.35. The van der Waals surface area contributed by atoms with Gasteiger partial charge in [-0.15, -0.1) is 0 Å². The highest BCUT2D eigenvalue weighted by molar-refractivity contribution is 5.67. The van der Waals surface area contributed by atoms with Gasteiger partial charge < -0.3 is 20.1 Å². The molecule has 1 heterocycles. The number of aliphatic hydroxyl groups is 1. The first-order chi connectivity index (χ1) is 9.31. The molecule has 0 spiro atoms. The summed E-state index contributed by atoms with van der Waals surface area (Å²) in [7, 11) is 0. The minimum atomic E-state index is -0.307. The molecule has 1 aliphatic heterocycles. The van der Waals surface area contributed by atoms with Crippen LogP contribution in [0.3, 0.4) is 0 Å². The van der Waals surface area contributed by atoms with E-state index in [1.54, 1.807) is 4.90 Å². The van der Waals surface area contributed by atoms with E-state index in [0.717, 1.165) is 32.4 Å². The summed E-state index contributed by atoms with van der Waals surface area (Å²) in [6.07, 6.45) is 2.11. The van der Waals surface area contributed by atoms with Gasteiger partial charge >= 0.3 is 6.09 Å². The maximum Gasteiger partial charge on any atom is 0.409 e. The Morgan fingerprint density at radius 3 is 2.50 bits per heavy atom. The molecule has 0 aromatic rings. The summed E-state index contributed by atoms with van der Waals surface area (Å²) in [5.41, 5.74) is 0.147. The van der Waals surface area contributed by atoms with Gasteiger partial charge in [0.25, 0.3) is 0 Å². The first kappa shape index (κ1) is 17.2. The molecule has 0 saturated carbocycles. The van der Waals surface area contributed by atoms with E-state index in [1.165, 1.54) is 0 Å². The van der Waals surface area contributed by atoms with Gasteiger partial charge in [-0.3, -0.25) is 0 Å². The van der Waals surface area contributed by atoms with Crippen molar-refractivity contribution in [2.75, 3.05) is 26.2 Å². The van der Waals surface area contributed by atoms with Crippen molar-refractivity contribution in [2.24, 2.45) is 5.41 Å². The Morgan fingerprint density at radius 1 is 1.40 bits per heavy atom. The molecule has 1 fully saturated rings. The lowest BCUT2D eigenvalue weighted by atomic mass is 9.89. The standard InChI is InChI=1S/C15H30N2O3/c1-5-20-14(19)17-8-6-12(7-9-17)16-11-13(18)10-15(2,3)4/h12-13,16,18H,5-11H2,1-4H3. The molecule has 0 radical (unpaired) electrons. The molecule has 0 bridgehead atoms. The second-order valence-electron chi connectivity index (χ2n) is 6.79. The topological polar surface area (TPSA) is 61.8 Å². The second-order valence-corrected chi connectivity index (χ2v) is 6.79. The van der Waals surface area contributed by atoms with Gasteiger partial charge in [-0.25, -0.2) is 4.79 Å². The number of nitrogens with one attached hydrogen (secondary N) is 1. The first-order valence-electron chi connectivity index (χ1n) is 7.65. The molecular formula is C15H30N2O3. The van der Waals surface area contributed by atoms with Crippen LogP contribution >= 0.6 is 0 Å². The van der Waals surface area contributed by atoms with Crippen LogP contribution in [0, 0.1) is 5.41 Å². The van der Waals surface area contributed by atoms with Crippen molar-refractivity contribution in [3.63, 3.8) is 0 Å². The lowest BCUT2D eigenvalue weighted by Gasteiger charge is -2.32. The number of nitrogens with zero attached hydrogens (tertiary/aromatic N) is 1. The van der Waals surface area contributed by atoms with Crippen molar-refractivity contribution < 1.29 is 14.6 Å². The number of piperidine rings is 1. The van der Waals surface area contributed by atoms with E-state index in [-0.39, 0.29) is 17.6 Å². The van der Waals surface area contributed by atoms with E-state index in [9.17, 15) is 9.90 Å². The fourth-order valence-electron chi connectivity index (χ4n) is 2.56. The van der Waals surface area contributed by atoms with Gasteiger partial charge in [-0.05, 0) is 31.6 Å². The van der Waals surface area contributed by atoms with Gasteiger partial charge in [-0.1, -0.05) is 20.8 Å². The smallest absolute Gasteiger partial charge is 0.409 e. The van der Waals surface area contributed by atoms with Gasteiger partial charge in [0.05, 0.1) is 12.7 Å². The number of carbonyl (C=O) groups excluding carboxylic acids is 1. The third-order valence-electron chi connectivity index (χ3n) is 3.51. The number of hydrogen-bond acceptors (Lipinski definition) is 4. The van der Waals surface area contributed by atoms with Crippen LogP contribution < -0.4 is 5.32 Å². The zero-order chi connectivity index (χ0) is 15.2. The SMILES string of the molecule is CCOC(=O)N1CCC(NCC(O)CC(C)(C)C)CC1. The summed E-state index contributed by atoms with van der Waals surface area (Å²) in [6, 6.07) is 0.385. The third kappa shape index (κ3) is 6.57. The summed E-state index contributed by atoms with van der Waals surface area (Å²) in [4.78, 5) is 13.3. The number of carbonyl (C=O) groups is 1. The van der Waals surface area contributed by atoms with Crippen molar-refractivity contribution in [2.45, 2.75) is 59.1 Å². The van der Waals surface area contributed by atoms with Crippen molar-refractivity contribution in [1.29, 1.82) is 0 Å². The van der Waals surface area contributed by atoms with Gasteiger partial charge in [0.15, 0.2) is 0 Å². The largest absolute Gasteiger partial charge is 0.450 e. The van der Waals surface area contributed by atoms with Crippen molar-refractivity contribution >= 4 is 6.09 Å². The molecule has 5 nitrogen and oxygen atoms in total. The molecular weight excluding hydrogens is 256 g/mol. The fraction of sp³-hybridized carbons (Fsp3) is 0.933. The highest BCUT2D eigenvalue weighted by Gasteiger charge is 2.24. The lowest BCUT2D eigenvalue weighted by molar-refractivity contribution is 0.0887. The number of rotatable bonds is 5. The van der Waals surface area contributed by atoms with Crippen LogP contribution in [0.25, 0.3) is 0 Å². The van der Waals surface area contributed by atoms with Gasteiger partial charge in [0.1, 0.15) is 0 Å². The molecule has 1 aliphatic rings. The zero-order valence-corrected chi connectivity index (χ0v) is 13.3. The monoisotopic (exact) mass is 286 g/mol. The summed E-state index contributed by atoms with van der Waals surface area (Å²) < 4.78 is 5.00. The Bertz CT molecular complexity index is 294. The van der Waals surface area contributed by atoms with Crippen molar-refractivity contribution in [1.82, 2.24) is 10.2 Å². The maximum atomic E-state index is 11.6. The molecule has 1 amide bonds. The molecule has 0 aliphatic carbocycles. The van der Waals surface area contributed by atoms with Gasteiger partial charge in [0, 0.05) is 25.7 Å². The van der Waals surface area contributed by atoms with E-state index in [0.29, 0.717) is 19.2 Å². The molecule has 1 saturated heterocycles. The van der Waals surface area contributed by atoms with Crippen LogP contribution in [0.5, 0.6) is 0 Å². The predicted molar refractivity (Wildman–Crippen MR) is 79.7 cm³/mol. The van der Waals surface area contributed by atoms with E-state index < -0.39 is 0 Å². The zero-order valence-electron chi connectivity index (χ0n) is 13.3. The summed E-state index contributed by atoms with van der Waals surface area (Å²) in [5.74, 6) is 0. The van der Waals surface area contributed by atoms with Crippen molar-refractivity contribution in [3.8, 4) is 0 Å². The maximum absolute atomic E-state index is 11.6. The quantitative estimate of drug-likeness (QED) is 0.811. The second kappa shape index (κ2) is 7.84. The Hall–Kier alpha value is -0.810. The lowest BCUT2D eigenvalue weighted by Crippen LogP contribution is -2.46. The molecule has 1 rings (SSSR count). The Morgan fingerprint density at radius 2 is 2.00 bits per heavy atom. The molecule has 0 aromatic carbocycles. The summed E-state index contributed by atoms with van der Waals surface area (Å²) in [5, 5.41) is 13.4. The third-order valence-corrected chi connectivity index (χ3v) is 3.51.